The van der Waals surface area contributed by atoms with Crippen LogP contribution in [-0.4, -0.2) is 44.4 Å². The first-order chi connectivity index (χ1) is 21.1. The Kier molecular flexibility index (Phi) is 10.4. The van der Waals surface area contributed by atoms with E-state index in [0.717, 1.165) is 54.8 Å². The van der Waals surface area contributed by atoms with Crippen LogP contribution >= 0.6 is 0 Å². The van der Waals surface area contributed by atoms with Crippen LogP contribution in [0.15, 0.2) is 89.7 Å². The summed E-state index contributed by atoms with van der Waals surface area (Å²) in [7, 11) is -2.11. The highest BCUT2D eigenvalue weighted by atomic mass is 28.4. The molecule has 1 aromatic heterocycles. The molecule has 2 N–H and O–H groups in total. The fourth-order valence-electron chi connectivity index (χ4n) is 5.74. The van der Waals surface area contributed by atoms with Crippen molar-refractivity contribution >= 4 is 19.2 Å². The largest absolute Gasteiger partial charge is 0.487 e. The maximum atomic E-state index is 12.5. The Morgan fingerprint density at radius 1 is 0.909 bits per heavy atom. The molecule has 0 radical (unpaired) electrons. The lowest BCUT2D eigenvalue weighted by Gasteiger charge is -2.40. The maximum absolute atomic E-state index is 12.5. The van der Waals surface area contributed by atoms with Crippen molar-refractivity contribution in [1.29, 1.82) is 0 Å². The van der Waals surface area contributed by atoms with Gasteiger partial charge in [-0.25, -0.2) is 0 Å². The molecule has 0 amide bonds. The molecular formula is C37H49N3O3Si. The molecule has 234 valence electrons. The second-order valence-corrected chi connectivity index (χ2v) is 18.5. The Balaban J connectivity index is 1.31. The Bertz CT molecular complexity index is 1540. The molecule has 0 saturated carbocycles. The van der Waals surface area contributed by atoms with E-state index in [2.05, 4.69) is 85.5 Å². The van der Waals surface area contributed by atoms with Gasteiger partial charge in [0.15, 0.2) is 8.32 Å². The fourth-order valence-corrected chi connectivity index (χ4v) is 7.02. The zero-order valence-corrected chi connectivity index (χ0v) is 28.1. The van der Waals surface area contributed by atoms with Gasteiger partial charge in [-0.3, -0.25) is 9.69 Å². The van der Waals surface area contributed by atoms with Crippen LogP contribution in [0.5, 0.6) is 5.75 Å². The van der Waals surface area contributed by atoms with E-state index >= 15 is 0 Å². The van der Waals surface area contributed by atoms with Gasteiger partial charge in [0.25, 0.3) is 0 Å². The summed E-state index contributed by atoms with van der Waals surface area (Å²) >= 11 is 0. The van der Waals surface area contributed by atoms with Crippen LogP contribution in [0.25, 0.3) is 10.9 Å². The van der Waals surface area contributed by atoms with Gasteiger partial charge in [0.05, 0.1) is 11.6 Å². The standard InChI is InChI=1S/C37H49N3O3Si/c1-37(2,3)44(4,5)43-34(25-38-24-28-20-22-40(23-21-28)26-29-12-8-6-9-13-29)31-16-18-33(36-32(31)17-19-35(41)39-36)42-27-30-14-10-7-11-15-30/h6-19,28,34,38H,20-27H2,1-5H3,(H,39,41). The third kappa shape index (κ3) is 8.27. The second kappa shape index (κ2) is 14.2. The lowest BCUT2D eigenvalue weighted by atomic mass is 9.96. The van der Waals surface area contributed by atoms with Crippen molar-refractivity contribution in [3.05, 3.63) is 112 Å². The van der Waals surface area contributed by atoms with Crippen LogP contribution in [0.4, 0.5) is 0 Å². The normalized spacial score (nSPS) is 15.8. The van der Waals surface area contributed by atoms with Crippen LogP contribution in [0.3, 0.4) is 0 Å². The second-order valence-electron chi connectivity index (χ2n) is 13.8. The van der Waals surface area contributed by atoms with Gasteiger partial charge in [0.2, 0.25) is 5.56 Å². The van der Waals surface area contributed by atoms with Crippen molar-refractivity contribution < 1.29 is 9.16 Å². The molecule has 1 unspecified atom stereocenters. The van der Waals surface area contributed by atoms with Crippen molar-refractivity contribution in [2.75, 3.05) is 26.2 Å². The van der Waals surface area contributed by atoms with Crippen molar-refractivity contribution in [3.63, 3.8) is 0 Å². The average Bonchev–Trinajstić information content (AvgIpc) is 3.00. The molecule has 1 aliphatic heterocycles. The van der Waals surface area contributed by atoms with E-state index < -0.39 is 8.32 Å². The zero-order chi connectivity index (χ0) is 31.2. The summed E-state index contributed by atoms with van der Waals surface area (Å²) in [5, 5.41) is 4.84. The van der Waals surface area contributed by atoms with Gasteiger partial charge in [-0.15, -0.1) is 0 Å². The quantitative estimate of drug-likeness (QED) is 0.161. The molecule has 0 bridgehead atoms. The number of fused-ring (bicyclic) bond motifs is 1. The molecule has 3 aromatic carbocycles. The minimum absolute atomic E-state index is 0.0691. The smallest absolute Gasteiger partial charge is 0.248 e. The molecule has 4 aromatic rings. The minimum Gasteiger partial charge on any atom is -0.487 e. The Labute approximate surface area is 263 Å². The predicted molar refractivity (Wildman–Crippen MR) is 184 cm³/mol. The molecule has 44 heavy (non-hydrogen) atoms. The topological polar surface area (TPSA) is 66.6 Å². The van der Waals surface area contributed by atoms with Gasteiger partial charge in [-0.05, 0) is 85.3 Å². The zero-order valence-electron chi connectivity index (χ0n) is 27.1. The highest BCUT2D eigenvalue weighted by molar-refractivity contribution is 6.74. The van der Waals surface area contributed by atoms with Gasteiger partial charge >= 0.3 is 0 Å². The van der Waals surface area contributed by atoms with Gasteiger partial charge in [-0.2, -0.15) is 0 Å². The van der Waals surface area contributed by atoms with E-state index in [4.69, 9.17) is 9.16 Å². The number of ether oxygens (including phenoxy) is 1. The molecule has 1 atom stereocenters. The van der Waals surface area contributed by atoms with E-state index in [0.29, 0.717) is 18.3 Å². The molecule has 5 rings (SSSR count). The van der Waals surface area contributed by atoms with E-state index in [1.165, 1.54) is 18.4 Å². The third-order valence-electron chi connectivity index (χ3n) is 9.44. The number of pyridine rings is 1. The summed E-state index contributed by atoms with van der Waals surface area (Å²) in [4.78, 5) is 18.1. The van der Waals surface area contributed by atoms with Crippen LogP contribution in [-0.2, 0) is 17.6 Å². The molecule has 2 heterocycles. The maximum Gasteiger partial charge on any atom is 0.248 e. The monoisotopic (exact) mass is 611 g/mol. The first kappa shape index (κ1) is 32.2. The molecule has 1 fully saturated rings. The lowest BCUT2D eigenvalue weighted by Crippen LogP contribution is -2.44. The molecule has 0 aliphatic carbocycles. The first-order valence-electron chi connectivity index (χ1n) is 16.1. The Hall–Kier alpha value is -3.23. The van der Waals surface area contributed by atoms with Crippen LogP contribution in [0, 0.1) is 5.92 Å². The van der Waals surface area contributed by atoms with Crippen LogP contribution in [0.2, 0.25) is 18.1 Å². The number of aromatic nitrogens is 1. The van der Waals surface area contributed by atoms with E-state index in [9.17, 15) is 4.79 Å². The fraction of sp³-hybridized carbons (Fsp3) is 0.432. The van der Waals surface area contributed by atoms with Crippen molar-refractivity contribution in [3.8, 4) is 5.75 Å². The third-order valence-corrected chi connectivity index (χ3v) is 13.9. The predicted octanol–water partition coefficient (Wildman–Crippen LogP) is 7.67. The van der Waals surface area contributed by atoms with E-state index in [-0.39, 0.29) is 16.7 Å². The Morgan fingerprint density at radius 3 is 2.23 bits per heavy atom. The van der Waals surface area contributed by atoms with E-state index in [1.54, 1.807) is 6.07 Å². The average molecular weight is 612 g/mol. The first-order valence-corrected chi connectivity index (χ1v) is 19.0. The Morgan fingerprint density at radius 2 is 1.57 bits per heavy atom. The molecule has 1 saturated heterocycles. The van der Waals surface area contributed by atoms with Crippen molar-refractivity contribution in [2.45, 2.75) is 71.0 Å². The number of nitrogens with one attached hydrogen (secondary N) is 2. The van der Waals surface area contributed by atoms with Gasteiger partial charge in [0.1, 0.15) is 12.4 Å². The van der Waals surface area contributed by atoms with Crippen molar-refractivity contribution in [1.82, 2.24) is 15.2 Å². The summed E-state index contributed by atoms with van der Waals surface area (Å²) in [5.74, 6) is 1.32. The summed E-state index contributed by atoms with van der Waals surface area (Å²) in [6.45, 7) is 16.9. The number of H-pyrrole nitrogens is 1. The number of hydrogen-bond donors (Lipinski definition) is 2. The SMILES string of the molecule is CC(C)(C)[Si](C)(C)OC(CNCC1CCN(Cc2ccccc2)CC1)c1ccc(OCc2ccccc2)c2[nH]c(=O)ccc12. The number of piperidine rings is 1. The number of nitrogens with zero attached hydrogens (tertiary/aromatic N) is 1. The number of likely N-dealkylation sites (tertiary alicyclic amines) is 1. The van der Waals surface area contributed by atoms with Crippen molar-refractivity contribution in [2.24, 2.45) is 5.92 Å². The summed E-state index contributed by atoms with van der Waals surface area (Å²) in [6.07, 6.45) is 2.25. The van der Waals surface area contributed by atoms with Crippen LogP contribution < -0.4 is 15.6 Å². The summed E-state index contributed by atoms with van der Waals surface area (Å²) < 4.78 is 13.3. The lowest BCUT2D eigenvalue weighted by molar-refractivity contribution is 0.160. The molecule has 7 heteroatoms. The molecule has 0 spiro atoms. The highest BCUT2D eigenvalue weighted by Gasteiger charge is 2.40. The summed E-state index contributed by atoms with van der Waals surface area (Å²) in [6, 6.07) is 28.5. The minimum atomic E-state index is -2.11. The molecular weight excluding hydrogens is 563 g/mol. The number of aromatic amines is 1. The van der Waals surface area contributed by atoms with Crippen LogP contribution in [0.1, 0.15) is 56.4 Å². The number of benzene rings is 3. The van der Waals surface area contributed by atoms with Gasteiger partial charge in [0, 0.05) is 24.5 Å². The number of rotatable bonds is 12. The van der Waals surface area contributed by atoms with Gasteiger partial charge in [-0.1, -0.05) is 87.5 Å². The number of hydrogen-bond acceptors (Lipinski definition) is 5. The molecule has 6 nitrogen and oxygen atoms in total. The highest BCUT2D eigenvalue weighted by Crippen LogP contribution is 2.41. The van der Waals surface area contributed by atoms with E-state index in [1.807, 2.05) is 42.5 Å². The molecule has 1 aliphatic rings. The summed E-state index contributed by atoms with van der Waals surface area (Å²) in [5.41, 5.74) is 4.13. The van der Waals surface area contributed by atoms with Gasteiger partial charge < -0.3 is 19.5 Å².